The molecular weight excluding hydrogens is 136 g/mol. The van der Waals surface area contributed by atoms with Gasteiger partial charge in [0.05, 0.1) is 0 Å². The molecule has 0 spiro atoms. The molecule has 0 aliphatic rings. The number of ketones is 1. The van der Waals surface area contributed by atoms with Crippen LogP contribution in [-0.4, -0.2) is 5.78 Å². The molecule has 0 bridgehead atoms. The molecule has 0 aromatic heterocycles. The van der Waals surface area contributed by atoms with Gasteiger partial charge < -0.3 is 0 Å². The van der Waals surface area contributed by atoms with Crippen LogP contribution in [0.5, 0.6) is 0 Å². The largest absolute Gasteiger partial charge is 0.298 e. The van der Waals surface area contributed by atoms with Crippen molar-refractivity contribution in [3.63, 3.8) is 0 Å². The fourth-order valence-electron chi connectivity index (χ4n) is 0.616. The molecule has 0 aromatic rings. The molecule has 1 heteroatoms. The molecule has 0 aromatic carbocycles. The van der Waals surface area contributed by atoms with Gasteiger partial charge >= 0.3 is 0 Å². The van der Waals surface area contributed by atoms with Gasteiger partial charge in [-0.15, -0.1) is 6.58 Å². The van der Waals surface area contributed by atoms with Gasteiger partial charge in [0.25, 0.3) is 0 Å². The van der Waals surface area contributed by atoms with Crippen molar-refractivity contribution >= 4 is 5.78 Å². The summed E-state index contributed by atoms with van der Waals surface area (Å²) in [6.07, 6.45) is 2.14. The quantitative estimate of drug-likeness (QED) is 0.566. The molecule has 0 radical (unpaired) electrons. The van der Waals surface area contributed by atoms with Gasteiger partial charge in [0.2, 0.25) is 0 Å². The van der Waals surface area contributed by atoms with Crippen LogP contribution < -0.4 is 0 Å². The predicted octanol–water partition coefficient (Wildman–Crippen LogP) is 2.73. The summed E-state index contributed by atoms with van der Waals surface area (Å²) in [6.45, 7) is 12.9. The van der Waals surface area contributed by atoms with Gasteiger partial charge in [-0.25, -0.2) is 0 Å². The highest BCUT2D eigenvalue weighted by molar-refractivity contribution is 5.87. The van der Waals surface area contributed by atoms with Crippen molar-refractivity contribution in [3.05, 3.63) is 24.8 Å². The fourth-order valence-corrected chi connectivity index (χ4v) is 0.616. The molecule has 0 aliphatic carbocycles. The summed E-state index contributed by atoms with van der Waals surface area (Å²) in [5.74, 6) is 0.181. The number of carbonyl (C=O) groups excluding carboxylic acids is 1. The lowest BCUT2D eigenvalue weighted by atomic mass is 9.85. The molecule has 0 atom stereocenters. The zero-order chi connectivity index (χ0) is 9.07. The summed E-state index contributed by atoms with van der Waals surface area (Å²) >= 11 is 0. The third-order valence-corrected chi connectivity index (χ3v) is 1.69. The first kappa shape index (κ1) is 10.2. The molecule has 62 valence electrons. The van der Waals surface area contributed by atoms with Crippen LogP contribution in [-0.2, 0) is 4.79 Å². The molecule has 0 saturated heterocycles. The Labute approximate surface area is 68.8 Å². The molecule has 11 heavy (non-hydrogen) atoms. The topological polar surface area (TPSA) is 17.1 Å². The van der Waals surface area contributed by atoms with Crippen LogP contribution in [0.4, 0.5) is 0 Å². The number of allylic oxidation sites excluding steroid dienone is 2. The van der Waals surface area contributed by atoms with Crippen molar-refractivity contribution in [3.8, 4) is 0 Å². The van der Waals surface area contributed by atoms with E-state index in [4.69, 9.17) is 0 Å². The van der Waals surface area contributed by atoms with E-state index in [0.717, 1.165) is 5.57 Å². The van der Waals surface area contributed by atoms with E-state index in [0.29, 0.717) is 6.42 Å². The highest BCUT2D eigenvalue weighted by Crippen LogP contribution is 2.20. The lowest BCUT2D eigenvalue weighted by molar-refractivity contribution is -0.124. The van der Waals surface area contributed by atoms with Gasteiger partial charge in [0.15, 0.2) is 0 Å². The van der Waals surface area contributed by atoms with Gasteiger partial charge in [0, 0.05) is 11.8 Å². The van der Waals surface area contributed by atoms with E-state index in [2.05, 4.69) is 13.2 Å². The SMILES string of the molecule is C=CC(C)(C)C(=O)CC(=C)C. The second kappa shape index (κ2) is 3.51. The molecular formula is C10H16O. The zero-order valence-electron chi connectivity index (χ0n) is 7.61. The van der Waals surface area contributed by atoms with Crippen molar-refractivity contribution < 1.29 is 4.79 Å². The van der Waals surface area contributed by atoms with E-state index in [1.807, 2.05) is 20.8 Å². The minimum Gasteiger partial charge on any atom is -0.298 e. The van der Waals surface area contributed by atoms with Crippen molar-refractivity contribution in [2.45, 2.75) is 27.2 Å². The smallest absolute Gasteiger partial charge is 0.146 e. The highest BCUT2D eigenvalue weighted by atomic mass is 16.1. The maximum Gasteiger partial charge on any atom is 0.146 e. The number of rotatable bonds is 4. The van der Waals surface area contributed by atoms with Crippen LogP contribution in [0.15, 0.2) is 24.8 Å². The Bertz CT molecular complexity index is 187. The molecule has 0 amide bonds. The maximum atomic E-state index is 11.4. The second-order valence-corrected chi connectivity index (χ2v) is 3.48. The van der Waals surface area contributed by atoms with Crippen LogP contribution >= 0.6 is 0 Å². The van der Waals surface area contributed by atoms with Crippen LogP contribution in [0.3, 0.4) is 0 Å². The second-order valence-electron chi connectivity index (χ2n) is 3.48. The Morgan fingerprint density at radius 3 is 2.27 bits per heavy atom. The van der Waals surface area contributed by atoms with Crippen molar-refractivity contribution in [1.82, 2.24) is 0 Å². The fraction of sp³-hybridized carbons (Fsp3) is 0.500. The maximum absolute atomic E-state index is 11.4. The first-order valence-electron chi connectivity index (χ1n) is 3.71. The average Bonchev–Trinajstić information content (AvgIpc) is 1.86. The summed E-state index contributed by atoms with van der Waals surface area (Å²) in [7, 11) is 0. The first-order chi connectivity index (χ1) is 4.90. The molecule has 0 rings (SSSR count). The number of hydrogen-bond acceptors (Lipinski definition) is 1. The highest BCUT2D eigenvalue weighted by Gasteiger charge is 2.22. The Balaban J connectivity index is 4.24. The van der Waals surface area contributed by atoms with E-state index < -0.39 is 5.41 Å². The summed E-state index contributed by atoms with van der Waals surface area (Å²) in [4.78, 5) is 11.4. The Hall–Kier alpha value is -0.850. The van der Waals surface area contributed by atoms with Crippen LogP contribution in [0.2, 0.25) is 0 Å². The number of hydrogen-bond donors (Lipinski definition) is 0. The normalized spacial score (nSPS) is 10.8. The molecule has 0 saturated carbocycles. The molecule has 0 aliphatic heterocycles. The van der Waals surface area contributed by atoms with Crippen molar-refractivity contribution in [2.75, 3.05) is 0 Å². The predicted molar refractivity (Wildman–Crippen MR) is 48.4 cm³/mol. The van der Waals surface area contributed by atoms with Gasteiger partial charge in [-0.2, -0.15) is 0 Å². The van der Waals surface area contributed by atoms with Crippen LogP contribution in [0.25, 0.3) is 0 Å². The summed E-state index contributed by atoms with van der Waals surface area (Å²) in [5, 5.41) is 0. The summed E-state index contributed by atoms with van der Waals surface area (Å²) < 4.78 is 0. The number of carbonyl (C=O) groups is 1. The lowest BCUT2D eigenvalue weighted by Gasteiger charge is -2.17. The zero-order valence-corrected chi connectivity index (χ0v) is 7.61. The molecule has 1 nitrogen and oxygen atoms in total. The molecule has 0 unspecified atom stereocenters. The minimum absolute atomic E-state index is 0.181. The van der Waals surface area contributed by atoms with Gasteiger partial charge in [-0.1, -0.05) is 18.2 Å². The number of Topliss-reactive ketones (excluding diaryl/α,β-unsaturated/α-hetero) is 1. The van der Waals surface area contributed by atoms with Crippen molar-refractivity contribution in [2.24, 2.45) is 5.41 Å². The summed E-state index contributed by atoms with van der Waals surface area (Å²) in [5.41, 5.74) is 0.504. The molecule has 0 fully saturated rings. The van der Waals surface area contributed by atoms with Gasteiger partial charge in [0.1, 0.15) is 5.78 Å². The first-order valence-corrected chi connectivity index (χ1v) is 3.71. The van der Waals surface area contributed by atoms with Crippen LogP contribution in [0.1, 0.15) is 27.2 Å². The van der Waals surface area contributed by atoms with Crippen LogP contribution in [0, 0.1) is 5.41 Å². The van der Waals surface area contributed by atoms with E-state index in [1.165, 1.54) is 0 Å². The van der Waals surface area contributed by atoms with Gasteiger partial charge in [-0.3, -0.25) is 4.79 Å². The van der Waals surface area contributed by atoms with Gasteiger partial charge in [-0.05, 0) is 20.8 Å². The van der Waals surface area contributed by atoms with E-state index in [9.17, 15) is 4.79 Å². The van der Waals surface area contributed by atoms with E-state index >= 15 is 0 Å². The lowest BCUT2D eigenvalue weighted by Crippen LogP contribution is -2.21. The average molecular weight is 152 g/mol. The third kappa shape index (κ3) is 3.17. The van der Waals surface area contributed by atoms with E-state index in [1.54, 1.807) is 6.08 Å². The monoisotopic (exact) mass is 152 g/mol. The Morgan fingerprint density at radius 2 is 2.00 bits per heavy atom. The van der Waals surface area contributed by atoms with Crippen molar-refractivity contribution in [1.29, 1.82) is 0 Å². The van der Waals surface area contributed by atoms with E-state index in [-0.39, 0.29) is 5.78 Å². The minimum atomic E-state index is -0.404. The summed E-state index contributed by atoms with van der Waals surface area (Å²) in [6, 6.07) is 0. The molecule has 0 N–H and O–H groups in total. The standard InChI is InChI=1S/C10H16O/c1-6-10(4,5)9(11)7-8(2)3/h6H,1-2,7H2,3-5H3. The Morgan fingerprint density at radius 1 is 1.55 bits per heavy atom. The Kier molecular flexibility index (Phi) is 3.24. The third-order valence-electron chi connectivity index (χ3n) is 1.69. The molecule has 0 heterocycles.